The Kier molecular flexibility index (Phi) is 5.18. The topological polar surface area (TPSA) is 87.5 Å². The van der Waals surface area contributed by atoms with Gasteiger partial charge in [0.25, 0.3) is 0 Å². The average molecular weight is 388 g/mol. The van der Waals surface area contributed by atoms with Crippen molar-refractivity contribution in [1.29, 1.82) is 0 Å². The lowest BCUT2D eigenvalue weighted by atomic mass is 9.78. The van der Waals surface area contributed by atoms with Crippen LogP contribution in [0.3, 0.4) is 0 Å². The summed E-state index contributed by atoms with van der Waals surface area (Å²) >= 11 is 0. The van der Waals surface area contributed by atoms with E-state index in [1.807, 2.05) is 66.7 Å². The molecule has 1 aliphatic rings. The molecule has 152 valence electrons. The number of hydrogen-bond acceptors (Lipinski definition) is 6. The van der Waals surface area contributed by atoms with Gasteiger partial charge in [-0.15, -0.1) is 0 Å². The maximum absolute atomic E-state index is 11.8. The Labute approximate surface area is 166 Å². The van der Waals surface area contributed by atoms with Crippen LogP contribution in [0.4, 0.5) is 4.79 Å². The Balaban J connectivity index is 1.71. The standard InChI is InChI=1S/C19H29BN4O4/c1-17(2,3)26-16(25)21-11-12-24-22-14-10-8-9-13(15(14)23-24)20-27-18(4,5)19(6,7)28-20/h8-10H,11-12H2,1-7H3,(H,21,25). The number of hydrogen-bond donors (Lipinski definition) is 1. The largest absolute Gasteiger partial charge is 0.497 e. The summed E-state index contributed by atoms with van der Waals surface area (Å²) in [5.41, 5.74) is 0.964. The van der Waals surface area contributed by atoms with Gasteiger partial charge < -0.3 is 19.4 Å². The number of carbonyl (C=O) groups is 1. The molecule has 1 aromatic heterocycles. The molecule has 2 aromatic rings. The molecule has 0 atom stereocenters. The van der Waals surface area contributed by atoms with Gasteiger partial charge in [0, 0.05) is 12.0 Å². The molecule has 0 aliphatic carbocycles. The zero-order chi connectivity index (χ0) is 20.7. The molecule has 0 bridgehead atoms. The highest BCUT2D eigenvalue weighted by Gasteiger charge is 2.52. The second kappa shape index (κ2) is 7.04. The Morgan fingerprint density at radius 2 is 1.82 bits per heavy atom. The molecule has 0 unspecified atom stereocenters. The van der Waals surface area contributed by atoms with Gasteiger partial charge in [-0.25, -0.2) is 4.79 Å². The molecule has 3 rings (SSSR count). The molecular formula is C19H29BN4O4. The minimum absolute atomic E-state index is 0.363. The molecule has 28 heavy (non-hydrogen) atoms. The van der Waals surface area contributed by atoms with E-state index in [1.54, 1.807) is 4.80 Å². The number of rotatable bonds is 4. The number of alkyl carbamates (subject to hydrolysis) is 1. The van der Waals surface area contributed by atoms with Crippen LogP contribution in [0.2, 0.25) is 0 Å². The number of nitrogens with one attached hydrogen (secondary N) is 1. The highest BCUT2D eigenvalue weighted by atomic mass is 16.7. The molecule has 0 saturated carbocycles. The van der Waals surface area contributed by atoms with Gasteiger partial charge in [0.05, 0.1) is 17.7 Å². The van der Waals surface area contributed by atoms with Crippen LogP contribution < -0.4 is 10.8 Å². The summed E-state index contributed by atoms with van der Waals surface area (Å²) in [5, 5.41) is 11.8. The van der Waals surface area contributed by atoms with Gasteiger partial charge in [-0.1, -0.05) is 12.1 Å². The maximum atomic E-state index is 11.8. The Bertz CT molecular complexity index is 856. The van der Waals surface area contributed by atoms with E-state index in [0.717, 1.165) is 16.5 Å². The molecule has 2 heterocycles. The number of amides is 1. The highest BCUT2D eigenvalue weighted by Crippen LogP contribution is 2.36. The van der Waals surface area contributed by atoms with E-state index in [2.05, 4.69) is 15.5 Å². The summed E-state index contributed by atoms with van der Waals surface area (Å²) in [6.07, 6.45) is -0.456. The molecule has 1 N–H and O–H groups in total. The Hall–Kier alpha value is -2.13. The summed E-state index contributed by atoms with van der Waals surface area (Å²) in [6, 6.07) is 5.76. The Morgan fingerprint density at radius 3 is 2.43 bits per heavy atom. The molecule has 1 fully saturated rings. The maximum Gasteiger partial charge on any atom is 0.497 e. The smallest absolute Gasteiger partial charge is 0.444 e. The molecule has 0 spiro atoms. The minimum Gasteiger partial charge on any atom is -0.444 e. The normalized spacial score (nSPS) is 18.5. The summed E-state index contributed by atoms with van der Waals surface area (Å²) < 4.78 is 17.5. The molecule has 1 saturated heterocycles. The number of aromatic nitrogens is 3. The molecule has 1 aliphatic heterocycles. The van der Waals surface area contributed by atoms with Crippen molar-refractivity contribution in [2.45, 2.75) is 71.8 Å². The highest BCUT2D eigenvalue weighted by molar-refractivity contribution is 6.64. The van der Waals surface area contributed by atoms with Crippen LogP contribution in [-0.2, 0) is 20.6 Å². The van der Waals surface area contributed by atoms with Crippen LogP contribution >= 0.6 is 0 Å². The monoisotopic (exact) mass is 388 g/mol. The third-order valence-electron chi connectivity index (χ3n) is 4.97. The van der Waals surface area contributed by atoms with Gasteiger partial charge in [-0.3, -0.25) is 0 Å². The quantitative estimate of drug-likeness (QED) is 0.809. The van der Waals surface area contributed by atoms with Crippen molar-refractivity contribution in [3.63, 3.8) is 0 Å². The lowest BCUT2D eigenvalue weighted by Crippen LogP contribution is -2.41. The third-order valence-corrected chi connectivity index (χ3v) is 4.97. The van der Waals surface area contributed by atoms with Gasteiger partial charge in [-0.2, -0.15) is 15.0 Å². The zero-order valence-electron chi connectivity index (χ0n) is 17.7. The SMILES string of the molecule is CC(C)(C)OC(=O)NCCn1nc2cccc(B3OC(C)(C)C(C)(C)O3)c2n1. The van der Waals surface area contributed by atoms with E-state index >= 15 is 0 Å². The van der Waals surface area contributed by atoms with E-state index in [-0.39, 0.29) is 0 Å². The Morgan fingerprint density at radius 1 is 1.18 bits per heavy atom. The van der Waals surface area contributed by atoms with Crippen LogP contribution in [0.15, 0.2) is 18.2 Å². The van der Waals surface area contributed by atoms with Crippen molar-refractivity contribution in [3.8, 4) is 0 Å². The van der Waals surface area contributed by atoms with E-state index < -0.39 is 30.0 Å². The van der Waals surface area contributed by atoms with Crippen LogP contribution in [0.1, 0.15) is 48.5 Å². The zero-order valence-corrected chi connectivity index (χ0v) is 17.7. The van der Waals surface area contributed by atoms with Gasteiger partial charge in [0.2, 0.25) is 0 Å². The summed E-state index contributed by atoms with van der Waals surface area (Å²) in [6.45, 7) is 14.3. The van der Waals surface area contributed by atoms with Crippen LogP contribution in [0, 0.1) is 0 Å². The number of nitrogens with zero attached hydrogens (tertiary/aromatic N) is 3. The summed E-state index contributed by atoms with van der Waals surface area (Å²) in [7, 11) is -0.501. The lowest BCUT2D eigenvalue weighted by Gasteiger charge is -2.32. The van der Waals surface area contributed by atoms with E-state index in [4.69, 9.17) is 14.0 Å². The second-order valence-electron chi connectivity index (χ2n) is 9.03. The van der Waals surface area contributed by atoms with E-state index in [0.29, 0.717) is 13.1 Å². The van der Waals surface area contributed by atoms with Gasteiger partial charge in [-0.05, 0) is 54.5 Å². The summed E-state index contributed by atoms with van der Waals surface area (Å²) in [4.78, 5) is 13.3. The fraction of sp³-hybridized carbons (Fsp3) is 0.632. The molecule has 1 aromatic carbocycles. The van der Waals surface area contributed by atoms with E-state index in [1.165, 1.54) is 0 Å². The van der Waals surface area contributed by atoms with E-state index in [9.17, 15) is 4.79 Å². The van der Waals surface area contributed by atoms with Gasteiger partial charge in [0.15, 0.2) is 0 Å². The first-order valence-electron chi connectivity index (χ1n) is 9.54. The lowest BCUT2D eigenvalue weighted by molar-refractivity contribution is 0.00578. The number of benzene rings is 1. The molecule has 9 heteroatoms. The van der Waals surface area contributed by atoms with Gasteiger partial charge in [0.1, 0.15) is 16.6 Å². The molecule has 1 amide bonds. The van der Waals surface area contributed by atoms with Crippen molar-refractivity contribution in [2.75, 3.05) is 6.54 Å². The molecule has 0 radical (unpaired) electrons. The van der Waals surface area contributed by atoms with Crippen molar-refractivity contribution in [3.05, 3.63) is 18.2 Å². The van der Waals surface area contributed by atoms with Crippen LogP contribution in [0.25, 0.3) is 11.0 Å². The summed E-state index contributed by atoms with van der Waals surface area (Å²) in [5.74, 6) is 0. The van der Waals surface area contributed by atoms with Gasteiger partial charge >= 0.3 is 13.2 Å². The van der Waals surface area contributed by atoms with Crippen molar-refractivity contribution >= 4 is 29.7 Å². The average Bonchev–Trinajstić information content (AvgIpc) is 3.02. The fourth-order valence-corrected chi connectivity index (χ4v) is 2.83. The fourth-order valence-electron chi connectivity index (χ4n) is 2.83. The first-order chi connectivity index (χ1) is 12.9. The predicted octanol–water partition coefficient (Wildman–Crippen LogP) is 2.26. The third kappa shape index (κ3) is 4.30. The first kappa shape index (κ1) is 20.6. The minimum atomic E-state index is -0.527. The molecular weight excluding hydrogens is 359 g/mol. The number of fused-ring (bicyclic) bond motifs is 1. The number of carbonyl (C=O) groups excluding carboxylic acids is 1. The molecule has 8 nitrogen and oxygen atoms in total. The van der Waals surface area contributed by atoms with Crippen LogP contribution in [0.5, 0.6) is 0 Å². The number of ether oxygens (including phenoxy) is 1. The van der Waals surface area contributed by atoms with Crippen molar-refractivity contribution < 1.29 is 18.8 Å². The van der Waals surface area contributed by atoms with Crippen LogP contribution in [-0.4, -0.2) is 51.6 Å². The van der Waals surface area contributed by atoms with Crippen molar-refractivity contribution in [1.82, 2.24) is 20.3 Å². The van der Waals surface area contributed by atoms with Crippen molar-refractivity contribution in [2.24, 2.45) is 0 Å². The second-order valence-corrected chi connectivity index (χ2v) is 9.03. The first-order valence-corrected chi connectivity index (χ1v) is 9.54. The predicted molar refractivity (Wildman–Crippen MR) is 107 cm³/mol.